The molecular weight excluding hydrogens is 412 g/mol. The van der Waals surface area contributed by atoms with Crippen molar-refractivity contribution in [2.75, 3.05) is 26.2 Å². The highest BCUT2D eigenvalue weighted by molar-refractivity contribution is 7.89. The fourth-order valence-electron chi connectivity index (χ4n) is 3.35. The van der Waals surface area contributed by atoms with Gasteiger partial charge in [0, 0.05) is 36.8 Å². The summed E-state index contributed by atoms with van der Waals surface area (Å²) in [5, 5.41) is 7.28. The van der Waals surface area contributed by atoms with Gasteiger partial charge in [-0.3, -0.25) is 9.89 Å². The van der Waals surface area contributed by atoms with E-state index in [4.69, 9.17) is 11.6 Å². The van der Waals surface area contributed by atoms with Gasteiger partial charge in [0.15, 0.2) is 0 Å². The van der Waals surface area contributed by atoms with E-state index in [2.05, 4.69) is 10.2 Å². The minimum absolute atomic E-state index is 0.158. The van der Waals surface area contributed by atoms with Crippen LogP contribution >= 0.6 is 11.6 Å². The molecule has 1 saturated heterocycles. The Hall–Kier alpha value is -2.68. The molecule has 1 N–H and O–H groups in total. The van der Waals surface area contributed by atoms with E-state index in [1.165, 1.54) is 22.6 Å². The van der Waals surface area contributed by atoms with Crippen molar-refractivity contribution < 1.29 is 13.2 Å². The summed E-state index contributed by atoms with van der Waals surface area (Å²) in [5.41, 5.74) is 2.00. The van der Waals surface area contributed by atoms with Gasteiger partial charge in [-0.25, -0.2) is 8.42 Å². The van der Waals surface area contributed by atoms with Crippen LogP contribution in [0.3, 0.4) is 0 Å². The Morgan fingerprint density at radius 2 is 1.72 bits per heavy atom. The number of benzene rings is 2. The van der Waals surface area contributed by atoms with Crippen molar-refractivity contribution in [2.24, 2.45) is 0 Å². The first-order valence-electron chi connectivity index (χ1n) is 9.10. The monoisotopic (exact) mass is 430 g/mol. The van der Waals surface area contributed by atoms with E-state index >= 15 is 0 Å². The summed E-state index contributed by atoms with van der Waals surface area (Å²) < 4.78 is 27.1. The van der Waals surface area contributed by atoms with Crippen LogP contribution in [0.1, 0.15) is 10.4 Å². The van der Waals surface area contributed by atoms with Crippen molar-refractivity contribution in [1.29, 1.82) is 0 Å². The lowest BCUT2D eigenvalue weighted by molar-refractivity contribution is 0.0698. The number of aromatic nitrogens is 2. The van der Waals surface area contributed by atoms with Gasteiger partial charge in [0.25, 0.3) is 5.91 Å². The number of carbonyl (C=O) groups excluding carboxylic acids is 1. The summed E-state index contributed by atoms with van der Waals surface area (Å²) in [4.78, 5) is 14.8. The summed E-state index contributed by atoms with van der Waals surface area (Å²) in [5.74, 6) is -0.169. The zero-order valence-corrected chi connectivity index (χ0v) is 17.0. The number of halogens is 1. The Morgan fingerprint density at radius 3 is 2.41 bits per heavy atom. The molecule has 2 heterocycles. The van der Waals surface area contributed by atoms with Crippen LogP contribution in [0.5, 0.6) is 0 Å². The maximum Gasteiger partial charge on any atom is 0.257 e. The second kappa shape index (κ2) is 7.98. The van der Waals surface area contributed by atoms with E-state index in [9.17, 15) is 13.2 Å². The van der Waals surface area contributed by atoms with Crippen LogP contribution in [-0.4, -0.2) is 59.9 Å². The van der Waals surface area contributed by atoms with Gasteiger partial charge in [0.1, 0.15) is 0 Å². The number of aromatic amines is 1. The van der Waals surface area contributed by atoms with Gasteiger partial charge in [-0.15, -0.1) is 0 Å². The normalized spacial score (nSPS) is 15.4. The number of piperazine rings is 1. The molecule has 7 nitrogen and oxygen atoms in total. The second-order valence-corrected chi connectivity index (χ2v) is 9.05. The summed E-state index contributed by atoms with van der Waals surface area (Å²) >= 11 is 5.93. The number of carbonyl (C=O) groups is 1. The van der Waals surface area contributed by atoms with E-state index in [0.717, 1.165) is 5.56 Å². The molecule has 1 aromatic heterocycles. The van der Waals surface area contributed by atoms with Crippen molar-refractivity contribution in [2.45, 2.75) is 4.90 Å². The van der Waals surface area contributed by atoms with Crippen molar-refractivity contribution in [3.8, 4) is 11.3 Å². The average Bonchev–Trinajstić information content (AvgIpc) is 3.24. The van der Waals surface area contributed by atoms with Gasteiger partial charge in [0.05, 0.1) is 22.3 Å². The highest BCUT2D eigenvalue weighted by Crippen LogP contribution is 2.24. The number of hydrogen-bond donors (Lipinski definition) is 1. The van der Waals surface area contributed by atoms with Gasteiger partial charge in [-0.2, -0.15) is 9.40 Å². The minimum atomic E-state index is -3.65. The largest absolute Gasteiger partial charge is 0.336 e. The number of amides is 1. The maximum atomic E-state index is 13.0. The van der Waals surface area contributed by atoms with E-state index < -0.39 is 10.0 Å². The van der Waals surface area contributed by atoms with Gasteiger partial charge in [-0.05, 0) is 18.2 Å². The fourth-order valence-corrected chi connectivity index (χ4v) is 5.08. The molecule has 1 fully saturated rings. The first-order valence-corrected chi connectivity index (χ1v) is 10.9. The number of nitrogens with one attached hydrogen (secondary N) is 1. The third kappa shape index (κ3) is 3.91. The number of sulfonamides is 1. The number of H-pyrrole nitrogens is 1. The molecule has 0 aliphatic carbocycles. The van der Waals surface area contributed by atoms with Crippen molar-refractivity contribution in [3.63, 3.8) is 0 Å². The zero-order valence-electron chi connectivity index (χ0n) is 15.5. The topological polar surface area (TPSA) is 86.4 Å². The molecule has 1 aliphatic heterocycles. The van der Waals surface area contributed by atoms with Crippen LogP contribution in [0, 0.1) is 0 Å². The number of nitrogens with zero attached hydrogens (tertiary/aromatic N) is 3. The van der Waals surface area contributed by atoms with E-state index in [1.807, 2.05) is 30.3 Å². The molecule has 150 valence electrons. The fraction of sp³-hybridized carbons (Fsp3) is 0.200. The Bertz CT molecular complexity index is 1120. The summed E-state index contributed by atoms with van der Waals surface area (Å²) in [6.45, 7) is 1.05. The highest BCUT2D eigenvalue weighted by Gasteiger charge is 2.31. The molecular formula is C20H19ClN4O3S. The summed E-state index contributed by atoms with van der Waals surface area (Å²) in [6, 6.07) is 15.7. The molecule has 3 aromatic rings. The maximum absolute atomic E-state index is 13.0. The van der Waals surface area contributed by atoms with E-state index in [0.29, 0.717) is 29.4 Å². The molecule has 0 spiro atoms. The van der Waals surface area contributed by atoms with Gasteiger partial charge in [-0.1, -0.05) is 48.0 Å². The Labute approximate surface area is 174 Å². The van der Waals surface area contributed by atoms with Crippen LogP contribution in [-0.2, 0) is 10.0 Å². The predicted octanol–water partition coefficient (Wildman–Crippen LogP) is 2.88. The lowest BCUT2D eigenvalue weighted by Gasteiger charge is -2.34. The molecule has 1 amide bonds. The van der Waals surface area contributed by atoms with Crippen molar-refractivity contribution >= 4 is 27.5 Å². The molecule has 1 aliphatic rings. The van der Waals surface area contributed by atoms with Crippen LogP contribution in [0.2, 0.25) is 5.02 Å². The molecule has 2 aromatic carbocycles. The minimum Gasteiger partial charge on any atom is -0.336 e. The number of rotatable bonds is 4. The van der Waals surface area contributed by atoms with Gasteiger partial charge >= 0.3 is 0 Å². The third-order valence-electron chi connectivity index (χ3n) is 4.89. The molecule has 0 radical (unpaired) electrons. The third-order valence-corrected chi connectivity index (χ3v) is 7.02. The predicted molar refractivity (Wildman–Crippen MR) is 110 cm³/mol. The smallest absolute Gasteiger partial charge is 0.257 e. The molecule has 0 atom stereocenters. The summed E-state index contributed by atoms with van der Waals surface area (Å²) in [7, 11) is -3.65. The van der Waals surface area contributed by atoms with E-state index in [-0.39, 0.29) is 23.9 Å². The quantitative estimate of drug-likeness (QED) is 0.689. The highest BCUT2D eigenvalue weighted by atomic mass is 35.5. The zero-order chi connectivity index (χ0) is 20.4. The molecule has 0 bridgehead atoms. The molecule has 0 saturated carbocycles. The van der Waals surface area contributed by atoms with Crippen LogP contribution in [0.4, 0.5) is 0 Å². The van der Waals surface area contributed by atoms with Gasteiger partial charge in [0.2, 0.25) is 10.0 Å². The lowest BCUT2D eigenvalue weighted by atomic mass is 10.1. The Morgan fingerprint density at radius 1 is 1.00 bits per heavy atom. The summed E-state index contributed by atoms with van der Waals surface area (Å²) in [6.07, 6.45) is 1.51. The van der Waals surface area contributed by atoms with Crippen LogP contribution in [0.25, 0.3) is 11.3 Å². The molecule has 4 rings (SSSR count). The standard InChI is InChI=1S/C20H19ClN4O3S/c21-16-7-4-8-17(13-16)29(27,28)25-11-9-24(10-12-25)20(26)18-14-22-23-19(18)15-5-2-1-3-6-15/h1-8,13-14H,9-12H2,(H,22,23). The molecule has 0 unspecified atom stereocenters. The first-order chi connectivity index (χ1) is 14.0. The van der Waals surface area contributed by atoms with Crippen LogP contribution in [0.15, 0.2) is 65.7 Å². The van der Waals surface area contributed by atoms with Crippen LogP contribution < -0.4 is 0 Å². The number of hydrogen-bond acceptors (Lipinski definition) is 4. The SMILES string of the molecule is O=C(c1cn[nH]c1-c1ccccc1)N1CCN(S(=O)(=O)c2cccc(Cl)c2)CC1. The van der Waals surface area contributed by atoms with Crippen molar-refractivity contribution in [1.82, 2.24) is 19.4 Å². The Kier molecular flexibility index (Phi) is 5.40. The van der Waals surface area contributed by atoms with Crippen molar-refractivity contribution in [3.05, 3.63) is 71.4 Å². The molecule has 29 heavy (non-hydrogen) atoms. The lowest BCUT2D eigenvalue weighted by Crippen LogP contribution is -2.50. The van der Waals surface area contributed by atoms with E-state index in [1.54, 1.807) is 17.0 Å². The van der Waals surface area contributed by atoms with Gasteiger partial charge < -0.3 is 4.90 Å². The first kappa shape index (κ1) is 19.6. The molecule has 9 heteroatoms. The Balaban J connectivity index is 1.48. The average molecular weight is 431 g/mol. The second-order valence-electron chi connectivity index (χ2n) is 6.68.